The van der Waals surface area contributed by atoms with Crippen LogP contribution in [0.25, 0.3) is 0 Å². The van der Waals surface area contributed by atoms with Gasteiger partial charge in [0.05, 0.1) is 5.02 Å². The molecular weight excluding hydrogens is 375 g/mol. The van der Waals surface area contributed by atoms with E-state index in [9.17, 15) is 4.79 Å². The molecule has 0 atom stereocenters. The molecule has 0 spiro atoms. The average molecular weight is 387 g/mol. The third-order valence-corrected chi connectivity index (χ3v) is 4.33. The number of nitrogens with one attached hydrogen (secondary N) is 1. The third kappa shape index (κ3) is 3.67. The largest absolute Gasteiger partial charge is 0.348 e. The van der Waals surface area contributed by atoms with Crippen LogP contribution in [0.2, 0.25) is 5.02 Å². The fourth-order valence-electron chi connectivity index (χ4n) is 1.62. The Hall–Kier alpha value is -1.14. The Balaban J connectivity index is 2.05. The van der Waals surface area contributed by atoms with E-state index in [4.69, 9.17) is 11.6 Å². The first-order valence-electron chi connectivity index (χ1n) is 5.70. The maximum Gasteiger partial charge on any atom is 0.251 e. The highest BCUT2D eigenvalue weighted by Crippen LogP contribution is 2.19. The standard InChI is InChI=1S/C14H12ClIN2O/c1-9-7-17-5-4-11(9)8-18-14(19)10-2-3-13(16)12(15)6-10/h2-7H,8H2,1H3,(H,18,19). The summed E-state index contributed by atoms with van der Waals surface area (Å²) in [6, 6.07) is 7.17. The molecule has 0 radical (unpaired) electrons. The Morgan fingerprint density at radius 2 is 2.21 bits per heavy atom. The molecule has 2 rings (SSSR count). The van der Waals surface area contributed by atoms with Crippen molar-refractivity contribution in [3.63, 3.8) is 0 Å². The number of halogens is 2. The summed E-state index contributed by atoms with van der Waals surface area (Å²) in [5.74, 6) is -0.130. The molecule has 1 amide bonds. The molecular formula is C14H12ClIN2O. The molecule has 5 heteroatoms. The Morgan fingerprint density at radius 1 is 1.42 bits per heavy atom. The molecule has 0 saturated carbocycles. The highest BCUT2D eigenvalue weighted by molar-refractivity contribution is 14.1. The molecule has 0 unspecified atom stereocenters. The van der Waals surface area contributed by atoms with Crippen LogP contribution in [0.4, 0.5) is 0 Å². The number of nitrogens with zero attached hydrogens (tertiary/aromatic N) is 1. The summed E-state index contributed by atoms with van der Waals surface area (Å²) >= 11 is 8.13. The van der Waals surface area contributed by atoms with Crippen LogP contribution in [0.3, 0.4) is 0 Å². The van der Waals surface area contributed by atoms with E-state index in [1.165, 1.54) is 0 Å². The Labute approximate surface area is 130 Å². The van der Waals surface area contributed by atoms with Gasteiger partial charge in [-0.1, -0.05) is 11.6 Å². The van der Waals surface area contributed by atoms with Gasteiger partial charge in [-0.15, -0.1) is 0 Å². The number of rotatable bonds is 3. The van der Waals surface area contributed by atoms with Gasteiger partial charge in [-0.3, -0.25) is 9.78 Å². The van der Waals surface area contributed by atoms with E-state index in [1.807, 2.05) is 19.1 Å². The van der Waals surface area contributed by atoms with Crippen molar-refractivity contribution in [2.24, 2.45) is 0 Å². The molecule has 0 aliphatic rings. The van der Waals surface area contributed by atoms with Gasteiger partial charge in [-0.25, -0.2) is 0 Å². The minimum absolute atomic E-state index is 0.130. The average Bonchev–Trinajstić information content (AvgIpc) is 2.40. The SMILES string of the molecule is Cc1cnccc1CNC(=O)c1ccc(I)c(Cl)c1. The molecule has 19 heavy (non-hydrogen) atoms. The van der Waals surface area contributed by atoms with E-state index in [0.29, 0.717) is 17.1 Å². The Kier molecular flexibility index (Phi) is 4.76. The summed E-state index contributed by atoms with van der Waals surface area (Å²) in [6.45, 7) is 2.45. The Morgan fingerprint density at radius 3 is 2.89 bits per heavy atom. The summed E-state index contributed by atoms with van der Waals surface area (Å²) < 4.78 is 0.931. The van der Waals surface area contributed by atoms with Crippen molar-refractivity contribution in [3.8, 4) is 0 Å². The number of hydrogen-bond donors (Lipinski definition) is 1. The number of carbonyl (C=O) groups excluding carboxylic acids is 1. The summed E-state index contributed by atoms with van der Waals surface area (Å²) in [4.78, 5) is 16.0. The van der Waals surface area contributed by atoms with Crippen LogP contribution in [0.1, 0.15) is 21.5 Å². The van der Waals surface area contributed by atoms with Crippen molar-refractivity contribution in [1.82, 2.24) is 10.3 Å². The van der Waals surface area contributed by atoms with Crippen LogP contribution in [-0.4, -0.2) is 10.9 Å². The van der Waals surface area contributed by atoms with Gasteiger partial charge in [0.1, 0.15) is 0 Å². The summed E-state index contributed by atoms with van der Waals surface area (Å²) in [7, 11) is 0. The smallest absolute Gasteiger partial charge is 0.251 e. The van der Waals surface area contributed by atoms with Crippen LogP contribution in [0.15, 0.2) is 36.7 Å². The van der Waals surface area contributed by atoms with E-state index in [0.717, 1.165) is 14.7 Å². The lowest BCUT2D eigenvalue weighted by molar-refractivity contribution is 0.0951. The quantitative estimate of drug-likeness (QED) is 0.819. The maximum absolute atomic E-state index is 12.0. The van der Waals surface area contributed by atoms with Gasteiger partial charge in [0.25, 0.3) is 5.91 Å². The van der Waals surface area contributed by atoms with Gasteiger partial charge in [-0.05, 0) is 64.9 Å². The van der Waals surface area contributed by atoms with Crippen LogP contribution in [0, 0.1) is 10.5 Å². The van der Waals surface area contributed by atoms with Gasteiger partial charge in [-0.2, -0.15) is 0 Å². The van der Waals surface area contributed by atoms with E-state index < -0.39 is 0 Å². The number of aromatic nitrogens is 1. The molecule has 0 fully saturated rings. The van der Waals surface area contributed by atoms with E-state index in [2.05, 4.69) is 32.9 Å². The van der Waals surface area contributed by atoms with Gasteiger partial charge < -0.3 is 5.32 Å². The Bertz CT molecular complexity index is 616. The zero-order valence-electron chi connectivity index (χ0n) is 10.3. The zero-order chi connectivity index (χ0) is 13.8. The first-order valence-corrected chi connectivity index (χ1v) is 7.16. The molecule has 0 bridgehead atoms. The first-order chi connectivity index (χ1) is 9.08. The summed E-state index contributed by atoms with van der Waals surface area (Å²) in [6.07, 6.45) is 3.50. The van der Waals surface area contributed by atoms with Gasteiger partial charge in [0.2, 0.25) is 0 Å². The van der Waals surface area contributed by atoms with E-state index in [-0.39, 0.29) is 5.91 Å². The molecule has 1 aromatic carbocycles. The second-order valence-corrected chi connectivity index (χ2v) is 5.68. The van der Waals surface area contributed by atoms with Gasteiger partial charge in [0, 0.05) is 28.1 Å². The number of hydrogen-bond acceptors (Lipinski definition) is 2. The van der Waals surface area contributed by atoms with Crippen molar-refractivity contribution >= 4 is 40.1 Å². The fourth-order valence-corrected chi connectivity index (χ4v) is 2.13. The van der Waals surface area contributed by atoms with Crippen molar-refractivity contribution < 1.29 is 4.79 Å². The number of amides is 1. The highest BCUT2D eigenvalue weighted by Gasteiger charge is 2.08. The van der Waals surface area contributed by atoms with Crippen molar-refractivity contribution in [2.75, 3.05) is 0 Å². The molecule has 3 nitrogen and oxygen atoms in total. The molecule has 2 aromatic rings. The van der Waals surface area contributed by atoms with Gasteiger partial charge in [0.15, 0.2) is 0 Å². The topological polar surface area (TPSA) is 42.0 Å². The molecule has 0 saturated heterocycles. The third-order valence-electron chi connectivity index (χ3n) is 2.76. The van der Waals surface area contributed by atoms with E-state index in [1.54, 1.807) is 24.5 Å². The predicted molar refractivity (Wildman–Crippen MR) is 84.3 cm³/mol. The molecule has 0 aliphatic carbocycles. The minimum Gasteiger partial charge on any atom is -0.348 e. The van der Waals surface area contributed by atoms with Crippen LogP contribution in [0.5, 0.6) is 0 Å². The van der Waals surface area contributed by atoms with Crippen molar-refractivity contribution in [1.29, 1.82) is 0 Å². The molecule has 0 aliphatic heterocycles. The van der Waals surface area contributed by atoms with Crippen molar-refractivity contribution in [3.05, 3.63) is 61.9 Å². The lowest BCUT2D eigenvalue weighted by atomic mass is 10.1. The second kappa shape index (κ2) is 6.34. The molecule has 98 valence electrons. The molecule has 1 N–H and O–H groups in total. The second-order valence-electron chi connectivity index (χ2n) is 4.11. The van der Waals surface area contributed by atoms with Crippen LogP contribution < -0.4 is 5.32 Å². The molecule has 1 heterocycles. The zero-order valence-corrected chi connectivity index (χ0v) is 13.2. The maximum atomic E-state index is 12.0. The lowest BCUT2D eigenvalue weighted by Gasteiger charge is -2.08. The normalized spacial score (nSPS) is 10.3. The van der Waals surface area contributed by atoms with Crippen molar-refractivity contribution in [2.45, 2.75) is 13.5 Å². The number of aryl methyl sites for hydroxylation is 1. The van der Waals surface area contributed by atoms with E-state index >= 15 is 0 Å². The van der Waals surface area contributed by atoms with Crippen LogP contribution >= 0.6 is 34.2 Å². The number of benzene rings is 1. The number of carbonyl (C=O) groups is 1. The summed E-state index contributed by atoms with van der Waals surface area (Å²) in [5, 5.41) is 3.47. The van der Waals surface area contributed by atoms with Gasteiger partial charge >= 0.3 is 0 Å². The predicted octanol–water partition coefficient (Wildman–Crippen LogP) is 3.58. The monoisotopic (exact) mass is 386 g/mol. The molecule has 1 aromatic heterocycles. The lowest BCUT2D eigenvalue weighted by Crippen LogP contribution is -2.23. The van der Waals surface area contributed by atoms with Crippen LogP contribution in [-0.2, 0) is 6.54 Å². The first kappa shape index (κ1) is 14.3. The fraction of sp³-hybridized carbons (Fsp3) is 0.143. The summed E-state index contributed by atoms with van der Waals surface area (Å²) in [5.41, 5.74) is 2.68. The minimum atomic E-state index is -0.130. The highest BCUT2D eigenvalue weighted by atomic mass is 127. The number of pyridine rings is 1.